The molecule has 0 bridgehead atoms. The highest BCUT2D eigenvalue weighted by atomic mass is 32.1. The Morgan fingerprint density at radius 2 is 0.688 bits per heavy atom. The van der Waals surface area contributed by atoms with E-state index >= 15 is 0 Å². The van der Waals surface area contributed by atoms with Gasteiger partial charge in [0.1, 0.15) is 0 Å². The fourth-order valence-electron chi connectivity index (χ4n) is 11.0. The summed E-state index contributed by atoms with van der Waals surface area (Å²) in [6, 6.07) is 83.7. The normalized spacial score (nSPS) is 12.1. The minimum atomic E-state index is 1.16. The van der Waals surface area contributed by atoms with E-state index in [1.165, 1.54) is 130 Å². The molecule has 11 aromatic carbocycles. The van der Waals surface area contributed by atoms with Gasteiger partial charge in [-0.3, -0.25) is 0 Å². The molecule has 0 radical (unpaired) electrons. The molecule has 0 amide bonds. The maximum atomic E-state index is 2.46. The van der Waals surface area contributed by atoms with Crippen LogP contribution in [-0.2, 0) is 0 Å². The first kappa shape index (κ1) is 35.5. The van der Waals surface area contributed by atoms with Gasteiger partial charge in [-0.2, -0.15) is 0 Å². The van der Waals surface area contributed by atoms with E-state index in [0.717, 1.165) is 5.69 Å². The minimum absolute atomic E-state index is 1.16. The Bertz CT molecular complexity index is 4010. The van der Waals surface area contributed by atoms with E-state index in [1.807, 2.05) is 11.3 Å². The topological polar surface area (TPSA) is 4.93 Å². The number of fused-ring (bicyclic) bond motifs is 16. The van der Waals surface area contributed by atoms with Crippen LogP contribution in [0.15, 0.2) is 224 Å². The van der Waals surface area contributed by atoms with Crippen molar-refractivity contribution in [2.45, 2.75) is 0 Å². The van der Waals surface area contributed by atoms with Crippen molar-refractivity contribution in [2.24, 2.45) is 0 Å². The standard InChI is InChI=1S/C62H37NS/c1-2-16-42-41(15-1)43-17-3-4-19-45(43)47-34-31-39(35-54(47)46-20-6-5-18-44(42)46)62-52-25-9-7-23-50(52)61(51-24-8-10-26-53(51)62)38-29-32-40(33-30-38)63-57-27-13-11-21-48(57)55-36-56-49-22-12-14-28-59(49)64-60(56)37-58(55)63/h1-37H. The van der Waals surface area contributed by atoms with Gasteiger partial charge in [0.05, 0.1) is 11.0 Å². The highest BCUT2D eigenvalue weighted by Gasteiger charge is 2.24. The number of nitrogens with zero attached hydrogens (tertiary/aromatic N) is 1. The van der Waals surface area contributed by atoms with Gasteiger partial charge in [0.15, 0.2) is 0 Å². The first-order chi connectivity index (χ1) is 31.8. The number of para-hydroxylation sites is 1. The van der Waals surface area contributed by atoms with Crippen LogP contribution in [0.5, 0.6) is 0 Å². The van der Waals surface area contributed by atoms with Gasteiger partial charge in [0, 0.05) is 36.6 Å². The molecule has 0 fully saturated rings. The van der Waals surface area contributed by atoms with Crippen LogP contribution in [0.4, 0.5) is 0 Å². The summed E-state index contributed by atoms with van der Waals surface area (Å²) in [5, 5.41) is 10.2. The summed E-state index contributed by atoms with van der Waals surface area (Å²) in [5.41, 5.74) is 18.6. The second-order valence-electron chi connectivity index (χ2n) is 17.1. The van der Waals surface area contributed by atoms with E-state index in [1.54, 1.807) is 0 Å². The van der Waals surface area contributed by atoms with Crippen molar-refractivity contribution < 1.29 is 0 Å². The summed E-state index contributed by atoms with van der Waals surface area (Å²) in [5.74, 6) is 0. The molecule has 2 heteroatoms. The smallest absolute Gasteiger partial charge is 0.0555 e. The molecule has 2 aromatic heterocycles. The molecule has 0 atom stereocenters. The van der Waals surface area contributed by atoms with Crippen molar-refractivity contribution in [3.63, 3.8) is 0 Å². The number of rotatable bonds is 3. The van der Waals surface area contributed by atoms with Crippen molar-refractivity contribution in [1.29, 1.82) is 0 Å². The molecular formula is C62H37NS. The lowest BCUT2D eigenvalue weighted by Gasteiger charge is -2.24. The Labute approximate surface area is 374 Å². The van der Waals surface area contributed by atoms with Gasteiger partial charge in [-0.05, 0) is 131 Å². The lowest BCUT2D eigenvalue weighted by atomic mass is 9.79. The third kappa shape index (κ3) is 5.12. The molecule has 0 saturated carbocycles. The largest absolute Gasteiger partial charge is 0.309 e. The molecule has 1 nitrogen and oxygen atoms in total. The van der Waals surface area contributed by atoms with E-state index in [2.05, 4.69) is 229 Å². The van der Waals surface area contributed by atoms with Gasteiger partial charge < -0.3 is 4.57 Å². The summed E-state index contributed by atoms with van der Waals surface area (Å²) in [4.78, 5) is 0. The van der Waals surface area contributed by atoms with E-state index in [9.17, 15) is 0 Å². The lowest BCUT2D eigenvalue weighted by molar-refractivity contribution is 1.18. The van der Waals surface area contributed by atoms with Crippen LogP contribution in [-0.4, -0.2) is 4.57 Å². The highest BCUT2D eigenvalue weighted by Crippen LogP contribution is 2.51. The molecule has 14 rings (SSSR count). The average molecular weight is 828 g/mol. The third-order valence-corrected chi connectivity index (χ3v) is 14.9. The lowest BCUT2D eigenvalue weighted by Crippen LogP contribution is -1.98. The Morgan fingerprint density at radius 3 is 1.27 bits per heavy atom. The van der Waals surface area contributed by atoms with Crippen LogP contribution in [0.25, 0.3) is 136 Å². The van der Waals surface area contributed by atoms with Crippen LogP contribution >= 0.6 is 11.3 Å². The average Bonchev–Trinajstić information content (AvgIpc) is 3.89. The zero-order valence-electron chi connectivity index (χ0n) is 34.7. The van der Waals surface area contributed by atoms with Crippen LogP contribution in [0, 0.1) is 0 Å². The molecular weight excluding hydrogens is 791 g/mol. The SMILES string of the molecule is c1ccc2c(c1)-c1ccccc1-c1ccc(-c3c4ccccc4c(-c4ccc(-n5c6ccccc6c6cc7c(cc65)sc5ccccc57)cc4)c4ccccc34)cc1-c1ccccc1-2. The molecule has 64 heavy (non-hydrogen) atoms. The van der Waals surface area contributed by atoms with Crippen molar-refractivity contribution in [2.75, 3.05) is 0 Å². The summed E-state index contributed by atoms with van der Waals surface area (Å²) in [6.07, 6.45) is 0. The van der Waals surface area contributed by atoms with Crippen LogP contribution < -0.4 is 0 Å². The second-order valence-corrected chi connectivity index (χ2v) is 18.2. The maximum Gasteiger partial charge on any atom is 0.0555 e. The minimum Gasteiger partial charge on any atom is -0.309 e. The Balaban J connectivity index is 0.960. The summed E-state index contributed by atoms with van der Waals surface area (Å²) >= 11 is 1.88. The Hall–Kier alpha value is -8.04. The van der Waals surface area contributed by atoms with Crippen LogP contribution in [0.1, 0.15) is 0 Å². The molecule has 0 saturated heterocycles. The summed E-state index contributed by atoms with van der Waals surface area (Å²) < 4.78 is 5.10. The fourth-order valence-corrected chi connectivity index (χ4v) is 12.1. The van der Waals surface area contributed by atoms with Crippen molar-refractivity contribution in [1.82, 2.24) is 4.57 Å². The molecule has 0 spiro atoms. The van der Waals surface area contributed by atoms with Gasteiger partial charge in [0.2, 0.25) is 0 Å². The van der Waals surface area contributed by atoms with Crippen molar-refractivity contribution >= 4 is 74.9 Å². The Kier molecular flexibility index (Phi) is 7.63. The van der Waals surface area contributed by atoms with E-state index in [4.69, 9.17) is 0 Å². The maximum absolute atomic E-state index is 2.46. The quantitative estimate of drug-likeness (QED) is 0.156. The zero-order valence-corrected chi connectivity index (χ0v) is 35.5. The van der Waals surface area contributed by atoms with Gasteiger partial charge in [-0.25, -0.2) is 0 Å². The molecule has 1 aliphatic carbocycles. The molecule has 2 heterocycles. The molecule has 0 N–H and O–H groups in total. The first-order valence-electron chi connectivity index (χ1n) is 22.1. The predicted octanol–water partition coefficient (Wildman–Crippen LogP) is 17.8. The number of hydrogen-bond acceptors (Lipinski definition) is 1. The highest BCUT2D eigenvalue weighted by molar-refractivity contribution is 7.25. The summed E-state index contributed by atoms with van der Waals surface area (Å²) in [6.45, 7) is 0. The van der Waals surface area contributed by atoms with Gasteiger partial charge in [-0.1, -0.05) is 182 Å². The molecule has 1 aliphatic rings. The number of benzene rings is 11. The van der Waals surface area contributed by atoms with Crippen LogP contribution in [0.2, 0.25) is 0 Å². The van der Waals surface area contributed by atoms with Crippen molar-refractivity contribution in [3.05, 3.63) is 224 Å². The van der Waals surface area contributed by atoms with E-state index < -0.39 is 0 Å². The third-order valence-electron chi connectivity index (χ3n) is 13.8. The second kappa shape index (κ2) is 13.7. The van der Waals surface area contributed by atoms with E-state index in [-0.39, 0.29) is 0 Å². The Morgan fingerprint density at radius 1 is 0.250 bits per heavy atom. The van der Waals surface area contributed by atoms with Gasteiger partial charge >= 0.3 is 0 Å². The summed E-state index contributed by atoms with van der Waals surface area (Å²) in [7, 11) is 0. The fraction of sp³-hybridized carbons (Fsp3) is 0. The zero-order chi connectivity index (χ0) is 41.9. The number of aromatic nitrogens is 1. The number of thiophene rings is 1. The monoisotopic (exact) mass is 827 g/mol. The molecule has 0 unspecified atom stereocenters. The molecule has 296 valence electrons. The molecule has 0 aliphatic heterocycles. The van der Waals surface area contributed by atoms with Gasteiger partial charge in [-0.15, -0.1) is 11.3 Å². The number of hydrogen-bond donors (Lipinski definition) is 0. The molecule has 13 aromatic rings. The van der Waals surface area contributed by atoms with Gasteiger partial charge in [0.25, 0.3) is 0 Å². The predicted molar refractivity (Wildman–Crippen MR) is 275 cm³/mol. The van der Waals surface area contributed by atoms with Crippen molar-refractivity contribution in [3.8, 4) is 72.4 Å². The van der Waals surface area contributed by atoms with Crippen LogP contribution in [0.3, 0.4) is 0 Å². The first-order valence-corrected chi connectivity index (χ1v) is 22.9. The van der Waals surface area contributed by atoms with E-state index in [0.29, 0.717) is 0 Å².